The fourth-order valence-corrected chi connectivity index (χ4v) is 3.03. The molecule has 3 fully saturated rings. The molecule has 1 atom stereocenters. The van der Waals surface area contributed by atoms with Crippen molar-refractivity contribution in [1.82, 2.24) is 19.8 Å². The zero-order valence-corrected chi connectivity index (χ0v) is 11.0. The van der Waals surface area contributed by atoms with Crippen LogP contribution >= 0.6 is 0 Å². The average Bonchev–Trinajstić information content (AvgIpc) is 2.38. The van der Waals surface area contributed by atoms with E-state index < -0.39 is 0 Å². The van der Waals surface area contributed by atoms with Gasteiger partial charge in [0.2, 0.25) is 0 Å². The molecule has 3 heterocycles. The SMILES string of the molecule is CN1CCN(N2CCN3CCOCC3C2)C(=O)C1. The van der Waals surface area contributed by atoms with Gasteiger partial charge in [0.1, 0.15) is 0 Å². The first-order chi connectivity index (χ1) is 8.74. The molecule has 0 bridgehead atoms. The lowest BCUT2D eigenvalue weighted by molar-refractivity contribution is -0.166. The van der Waals surface area contributed by atoms with Gasteiger partial charge in [-0.2, -0.15) is 0 Å². The number of hydrogen-bond acceptors (Lipinski definition) is 5. The van der Waals surface area contributed by atoms with Gasteiger partial charge >= 0.3 is 0 Å². The second-order valence-corrected chi connectivity index (χ2v) is 5.43. The molecule has 0 aliphatic carbocycles. The molecule has 3 aliphatic heterocycles. The van der Waals surface area contributed by atoms with Gasteiger partial charge < -0.3 is 4.74 Å². The Balaban J connectivity index is 1.61. The summed E-state index contributed by atoms with van der Waals surface area (Å²) in [6, 6.07) is 0.458. The molecule has 0 aromatic heterocycles. The predicted octanol–water partition coefficient (Wildman–Crippen LogP) is -1.31. The Morgan fingerprint density at radius 1 is 1.17 bits per heavy atom. The van der Waals surface area contributed by atoms with E-state index in [2.05, 4.69) is 14.8 Å². The van der Waals surface area contributed by atoms with Crippen LogP contribution in [-0.2, 0) is 9.53 Å². The van der Waals surface area contributed by atoms with E-state index >= 15 is 0 Å². The molecular weight excluding hydrogens is 232 g/mol. The number of amides is 1. The molecule has 18 heavy (non-hydrogen) atoms. The Morgan fingerprint density at radius 3 is 2.89 bits per heavy atom. The quantitative estimate of drug-likeness (QED) is 0.581. The third-order valence-electron chi connectivity index (χ3n) is 4.14. The molecule has 6 nitrogen and oxygen atoms in total. The number of ether oxygens (including phenoxy) is 1. The number of carbonyl (C=O) groups excluding carboxylic acids is 1. The lowest BCUT2D eigenvalue weighted by atomic mass is 10.1. The van der Waals surface area contributed by atoms with E-state index in [9.17, 15) is 4.79 Å². The zero-order chi connectivity index (χ0) is 12.5. The van der Waals surface area contributed by atoms with E-state index in [-0.39, 0.29) is 5.91 Å². The molecule has 102 valence electrons. The average molecular weight is 254 g/mol. The monoisotopic (exact) mass is 254 g/mol. The third kappa shape index (κ3) is 2.38. The fourth-order valence-electron chi connectivity index (χ4n) is 3.03. The van der Waals surface area contributed by atoms with Crippen LogP contribution in [0, 0.1) is 0 Å². The number of morpholine rings is 1. The molecule has 0 spiro atoms. The first kappa shape index (κ1) is 12.3. The summed E-state index contributed by atoms with van der Waals surface area (Å²) in [5, 5.41) is 4.18. The molecule has 0 aromatic rings. The van der Waals surface area contributed by atoms with Crippen LogP contribution in [-0.4, -0.2) is 97.8 Å². The highest BCUT2D eigenvalue weighted by molar-refractivity contribution is 5.78. The summed E-state index contributed by atoms with van der Waals surface area (Å²) in [6.07, 6.45) is 0. The second kappa shape index (κ2) is 5.13. The van der Waals surface area contributed by atoms with Crippen LogP contribution in [0.4, 0.5) is 0 Å². The molecule has 1 amide bonds. The van der Waals surface area contributed by atoms with Crippen molar-refractivity contribution in [2.24, 2.45) is 0 Å². The third-order valence-corrected chi connectivity index (χ3v) is 4.14. The lowest BCUT2D eigenvalue weighted by Gasteiger charge is -2.48. The molecule has 6 heteroatoms. The summed E-state index contributed by atoms with van der Waals surface area (Å²) < 4.78 is 5.54. The molecular formula is C12H22N4O2. The van der Waals surface area contributed by atoms with E-state index in [0.717, 1.165) is 52.5 Å². The summed E-state index contributed by atoms with van der Waals surface area (Å²) in [5.74, 6) is 0.230. The van der Waals surface area contributed by atoms with Gasteiger partial charge in [-0.25, -0.2) is 5.01 Å². The number of fused-ring (bicyclic) bond motifs is 1. The van der Waals surface area contributed by atoms with Crippen molar-refractivity contribution in [3.63, 3.8) is 0 Å². The standard InChI is InChI=1S/C12H22N4O2/c1-13-2-5-16(12(17)9-13)15-4-3-14-6-7-18-10-11(14)8-15/h11H,2-10H2,1H3. The smallest absolute Gasteiger partial charge is 0.251 e. The van der Waals surface area contributed by atoms with Crippen LogP contribution in [0.25, 0.3) is 0 Å². The maximum Gasteiger partial charge on any atom is 0.251 e. The Kier molecular flexibility index (Phi) is 3.52. The Bertz CT molecular complexity index is 325. The summed E-state index contributed by atoms with van der Waals surface area (Å²) in [6.45, 7) is 7.96. The first-order valence-corrected chi connectivity index (χ1v) is 6.79. The maximum absolute atomic E-state index is 12.1. The highest BCUT2D eigenvalue weighted by Gasteiger charge is 2.34. The van der Waals surface area contributed by atoms with E-state index in [1.807, 2.05) is 12.1 Å². The van der Waals surface area contributed by atoms with Crippen LogP contribution in [0.5, 0.6) is 0 Å². The minimum atomic E-state index is 0.230. The van der Waals surface area contributed by atoms with Crippen LogP contribution in [0.1, 0.15) is 0 Å². The molecule has 3 saturated heterocycles. The van der Waals surface area contributed by atoms with Gasteiger partial charge in [-0.3, -0.25) is 19.6 Å². The van der Waals surface area contributed by atoms with Crippen molar-refractivity contribution in [3.05, 3.63) is 0 Å². The fraction of sp³-hybridized carbons (Fsp3) is 0.917. The van der Waals surface area contributed by atoms with E-state index in [0.29, 0.717) is 12.6 Å². The Labute approximate surface area is 108 Å². The number of piperazine rings is 2. The predicted molar refractivity (Wildman–Crippen MR) is 67.0 cm³/mol. The van der Waals surface area contributed by atoms with E-state index in [1.54, 1.807) is 0 Å². The van der Waals surface area contributed by atoms with E-state index in [4.69, 9.17) is 4.74 Å². The van der Waals surface area contributed by atoms with Gasteiger partial charge in [-0.15, -0.1) is 0 Å². The van der Waals surface area contributed by atoms with Crippen molar-refractivity contribution in [3.8, 4) is 0 Å². The maximum atomic E-state index is 12.1. The highest BCUT2D eigenvalue weighted by atomic mass is 16.5. The van der Waals surface area contributed by atoms with Gasteiger partial charge in [0, 0.05) is 38.8 Å². The van der Waals surface area contributed by atoms with Crippen molar-refractivity contribution in [1.29, 1.82) is 0 Å². The molecule has 0 aromatic carbocycles. The Hall–Kier alpha value is -0.690. The van der Waals surface area contributed by atoms with Crippen LogP contribution in [0.15, 0.2) is 0 Å². The number of hydrogen-bond donors (Lipinski definition) is 0. The lowest BCUT2D eigenvalue weighted by Crippen LogP contribution is -2.65. The summed E-state index contributed by atoms with van der Waals surface area (Å²) in [7, 11) is 2.00. The molecule has 3 aliphatic rings. The minimum Gasteiger partial charge on any atom is -0.378 e. The number of hydrazine groups is 1. The normalized spacial score (nSPS) is 32.6. The molecule has 1 unspecified atom stereocenters. The summed E-state index contributed by atoms with van der Waals surface area (Å²) in [5.41, 5.74) is 0. The zero-order valence-electron chi connectivity index (χ0n) is 11.0. The summed E-state index contributed by atoms with van der Waals surface area (Å²) >= 11 is 0. The van der Waals surface area contributed by atoms with Crippen molar-refractivity contribution < 1.29 is 9.53 Å². The number of rotatable bonds is 1. The summed E-state index contributed by atoms with van der Waals surface area (Å²) in [4.78, 5) is 16.6. The topological polar surface area (TPSA) is 39.3 Å². The van der Waals surface area contributed by atoms with Gasteiger partial charge in [-0.05, 0) is 7.05 Å². The Morgan fingerprint density at radius 2 is 2.06 bits per heavy atom. The van der Waals surface area contributed by atoms with E-state index in [1.165, 1.54) is 0 Å². The molecule has 0 saturated carbocycles. The number of nitrogens with zero attached hydrogens (tertiary/aromatic N) is 4. The van der Waals surface area contributed by atoms with Gasteiger partial charge in [0.15, 0.2) is 0 Å². The largest absolute Gasteiger partial charge is 0.378 e. The van der Waals surface area contributed by atoms with Gasteiger partial charge in [0.25, 0.3) is 5.91 Å². The number of carbonyl (C=O) groups is 1. The highest BCUT2D eigenvalue weighted by Crippen LogP contribution is 2.16. The second-order valence-electron chi connectivity index (χ2n) is 5.43. The van der Waals surface area contributed by atoms with Crippen molar-refractivity contribution in [2.75, 3.05) is 66.1 Å². The van der Waals surface area contributed by atoms with Crippen molar-refractivity contribution in [2.45, 2.75) is 6.04 Å². The number of likely N-dealkylation sites (N-methyl/N-ethyl adjacent to an activating group) is 1. The van der Waals surface area contributed by atoms with Crippen LogP contribution in [0.2, 0.25) is 0 Å². The van der Waals surface area contributed by atoms with Gasteiger partial charge in [-0.1, -0.05) is 0 Å². The van der Waals surface area contributed by atoms with Crippen LogP contribution in [0.3, 0.4) is 0 Å². The molecule has 3 rings (SSSR count). The molecule has 0 N–H and O–H groups in total. The van der Waals surface area contributed by atoms with Crippen LogP contribution < -0.4 is 0 Å². The minimum absolute atomic E-state index is 0.230. The van der Waals surface area contributed by atoms with Gasteiger partial charge in [0.05, 0.1) is 26.3 Å². The molecule has 0 radical (unpaired) electrons. The first-order valence-electron chi connectivity index (χ1n) is 6.79. The van der Waals surface area contributed by atoms with Crippen molar-refractivity contribution >= 4 is 5.91 Å².